The normalized spacial score (nSPS) is 21.8. The molecule has 0 radical (unpaired) electrons. The molecule has 1 aliphatic rings. The van der Waals surface area contributed by atoms with Gasteiger partial charge in [0.25, 0.3) is 0 Å². The zero-order chi connectivity index (χ0) is 12.1. The lowest BCUT2D eigenvalue weighted by Gasteiger charge is -2.31. The lowest BCUT2D eigenvalue weighted by molar-refractivity contribution is 0.00529. The monoisotopic (exact) mass is 237 g/mol. The van der Waals surface area contributed by atoms with E-state index in [-0.39, 0.29) is 6.10 Å². The molecule has 6 nitrogen and oxygen atoms in total. The molecule has 1 aliphatic heterocycles. The Balaban J connectivity index is 1.80. The molecule has 2 heterocycles. The van der Waals surface area contributed by atoms with Crippen LogP contribution in [-0.2, 0) is 11.3 Å². The van der Waals surface area contributed by atoms with E-state index in [2.05, 4.69) is 15.0 Å². The second-order valence-electron chi connectivity index (χ2n) is 4.14. The molecule has 0 aliphatic carbocycles. The van der Waals surface area contributed by atoms with Crippen molar-refractivity contribution in [1.29, 1.82) is 0 Å². The number of nitrogens with two attached hydrogens (primary N) is 1. The van der Waals surface area contributed by atoms with Crippen LogP contribution in [0.2, 0.25) is 0 Å². The lowest BCUT2D eigenvalue weighted by atomic mass is 10.3. The fourth-order valence-corrected chi connectivity index (χ4v) is 1.83. The van der Waals surface area contributed by atoms with Crippen LogP contribution in [0.25, 0.3) is 0 Å². The van der Waals surface area contributed by atoms with E-state index < -0.39 is 0 Å². The molecule has 1 atom stereocenters. The maximum atomic E-state index is 5.94. The number of hydrogen-bond acceptors (Lipinski definition) is 3. The number of nitrogens with zero attached hydrogens (tertiary/aromatic N) is 4. The van der Waals surface area contributed by atoms with Gasteiger partial charge in [-0.2, -0.15) is 5.10 Å². The lowest BCUT2D eigenvalue weighted by Crippen LogP contribution is -2.48. The van der Waals surface area contributed by atoms with E-state index in [4.69, 9.17) is 10.5 Å². The van der Waals surface area contributed by atoms with Gasteiger partial charge in [-0.15, -0.1) is 0 Å². The molecule has 0 saturated carbocycles. The van der Waals surface area contributed by atoms with Crippen molar-refractivity contribution < 1.29 is 4.74 Å². The predicted molar refractivity (Wildman–Crippen MR) is 65.7 cm³/mol. The quantitative estimate of drug-likeness (QED) is 0.589. The molecule has 0 spiro atoms. The van der Waals surface area contributed by atoms with Gasteiger partial charge in [0.1, 0.15) is 0 Å². The van der Waals surface area contributed by atoms with Gasteiger partial charge < -0.3 is 15.4 Å². The van der Waals surface area contributed by atoms with Crippen molar-refractivity contribution in [2.24, 2.45) is 10.7 Å². The Bertz CT molecular complexity index is 362. The summed E-state index contributed by atoms with van der Waals surface area (Å²) in [5.41, 5.74) is 5.94. The molecule has 94 valence electrons. The highest BCUT2D eigenvalue weighted by atomic mass is 16.5. The molecule has 0 amide bonds. The van der Waals surface area contributed by atoms with Crippen LogP contribution in [0.5, 0.6) is 0 Å². The summed E-state index contributed by atoms with van der Waals surface area (Å²) in [6.45, 7) is 5.81. The van der Waals surface area contributed by atoms with Crippen LogP contribution < -0.4 is 5.73 Å². The number of ether oxygens (including phenoxy) is 1. The summed E-state index contributed by atoms with van der Waals surface area (Å²) < 4.78 is 7.30. The molecular weight excluding hydrogens is 218 g/mol. The van der Waals surface area contributed by atoms with Gasteiger partial charge in [0.2, 0.25) is 0 Å². The fourth-order valence-electron chi connectivity index (χ4n) is 1.83. The van der Waals surface area contributed by atoms with E-state index in [9.17, 15) is 0 Å². The van der Waals surface area contributed by atoms with Crippen molar-refractivity contribution in [2.75, 3.05) is 26.2 Å². The summed E-state index contributed by atoms with van der Waals surface area (Å²) in [6.07, 6.45) is 3.91. The second-order valence-corrected chi connectivity index (χ2v) is 4.14. The van der Waals surface area contributed by atoms with Gasteiger partial charge in [-0.25, -0.2) is 0 Å². The van der Waals surface area contributed by atoms with Gasteiger partial charge in [0.05, 0.1) is 25.8 Å². The maximum absolute atomic E-state index is 5.94. The highest BCUT2D eigenvalue weighted by Crippen LogP contribution is 2.03. The molecule has 1 aromatic rings. The first-order valence-electron chi connectivity index (χ1n) is 5.89. The van der Waals surface area contributed by atoms with E-state index in [1.165, 1.54) is 0 Å². The van der Waals surface area contributed by atoms with Gasteiger partial charge in [-0.3, -0.25) is 9.67 Å². The van der Waals surface area contributed by atoms with Gasteiger partial charge in [-0.05, 0) is 13.0 Å². The van der Waals surface area contributed by atoms with Crippen LogP contribution in [-0.4, -0.2) is 53.0 Å². The Labute approximate surface area is 101 Å². The third kappa shape index (κ3) is 3.45. The van der Waals surface area contributed by atoms with Crippen LogP contribution in [0.4, 0.5) is 0 Å². The Morgan fingerprint density at radius 3 is 3.24 bits per heavy atom. The number of aliphatic imine (C=N–C) groups is 1. The average molecular weight is 237 g/mol. The molecule has 17 heavy (non-hydrogen) atoms. The molecule has 0 bridgehead atoms. The van der Waals surface area contributed by atoms with E-state index in [0.29, 0.717) is 12.5 Å². The topological polar surface area (TPSA) is 68.7 Å². The average Bonchev–Trinajstić information content (AvgIpc) is 2.82. The Morgan fingerprint density at radius 1 is 1.65 bits per heavy atom. The number of guanidine groups is 1. The van der Waals surface area contributed by atoms with Crippen molar-refractivity contribution in [3.05, 3.63) is 18.5 Å². The summed E-state index contributed by atoms with van der Waals surface area (Å²) in [5.74, 6) is 0.604. The van der Waals surface area contributed by atoms with Crippen LogP contribution in [0.3, 0.4) is 0 Å². The third-order valence-corrected chi connectivity index (χ3v) is 2.73. The van der Waals surface area contributed by atoms with Crippen molar-refractivity contribution in [2.45, 2.75) is 19.6 Å². The maximum Gasteiger partial charge on any atom is 0.191 e. The Morgan fingerprint density at radius 2 is 2.53 bits per heavy atom. The van der Waals surface area contributed by atoms with Crippen molar-refractivity contribution in [3.63, 3.8) is 0 Å². The SMILES string of the molecule is CC1CN(C(N)=NCCn2cccn2)CCO1. The first-order chi connectivity index (χ1) is 8.25. The van der Waals surface area contributed by atoms with E-state index >= 15 is 0 Å². The number of rotatable bonds is 3. The van der Waals surface area contributed by atoms with Crippen LogP contribution >= 0.6 is 0 Å². The van der Waals surface area contributed by atoms with Crippen LogP contribution in [0, 0.1) is 0 Å². The van der Waals surface area contributed by atoms with E-state index in [0.717, 1.165) is 26.2 Å². The molecule has 1 fully saturated rings. The van der Waals surface area contributed by atoms with Gasteiger partial charge in [0.15, 0.2) is 5.96 Å². The largest absolute Gasteiger partial charge is 0.375 e. The van der Waals surface area contributed by atoms with Crippen molar-refractivity contribution >= 4 is 5.96 Å². The van der Waals surface area contributed by atoms with Gasteiger partial charge >= 0.3 is 0 Å². The first kappa shape index (κ1) is 11.9. The number of morpholine rings is 1. The highest BCUT2D eigenvalue weighted by Gasteiger charge is 2.17. The zero-order valence-corrected chi connectivity index (χ0v) is 10.1. The molecule has 1 unspecified atom stereocenters. The fraction of sp³-hybridized carbons (Fsp3) is 0.636. The number of aromatic nitrogens is 2. The minimum absolute atomic E-state index is 0.226. The van der Waals surface area contributed by atoms with E-state index in [1.807, 2.05) is 23.9 Å². The minimum Gasteiger partial charge on any atom is -0.375 e. The van der Waals surface area contributed by atoms with Gasteiger partial charge in [-0.1, -0.05) is 0 Å². The summed E-state index contributed by atoms with van der Waals surface area (Å²) in [5, 5.41) is 4.11. The number of hydrogen-bond donors (Lipinski definition) is 1. The second kappa shape index (κ2) is 5.67. The molecule has 1 saturated heterocycles. The molecule has 6 heteroatoms. The standard InChI is InChI=1S/C11H19N5O/c1-10-9-15(7-8-17-10)11(12)13-4-6-16-5-2-3-14-16/h2-3,5,10H,4,6-9H2,1H3,(H2,12,13). The predicted octanol–water partition coefficient (Wildman–Crippen LogP) is -0.0815. The smallest absolute Gasteiger partial charge is 0.191 e. The summed E-state index contributed by atoms with van der Waals surface area (Å²) in [6, 6.07) is 1.90. The molecule has 0 aromatic carbocycles. The first-order valence-corrected chi connectivity index (χ1v) is 5.89. The molecular formula is C11H19N5O. The van der Waals surface area contributed by atoms with Gasteiger partial charge in [0, 0.05) is 25.5 Å². The van der Waals surface area contributed by atoms with Crippen molar-refractivity contribution in [3.8, 4) is 0 Å². The highest BCUT2D eigenvalue weighted by molar-refractivity contribution is 5.78. The summed E-state index contributed by atoms with van der Waals surface area (Å²) in [4.78, 5) is 6.43. The Hall–Kier alpha value is -1.56. The molecule has 1 aromatic heterocycles. The summed E-state index contributed by atoms with van der Waals surface area (Å²) >= 11 is 0. The molecule has 2 rings (SSSR count). The van der Waals surface area contributed by atoms with Crippen molar-refractivity contribution in [1.82, 2.24) is 14.7 Å². The zero-order valence-electron chi connectivity index (χ0n) is 10.1. The van der Waals surface area contributed by atoms with Crippen LogP contribution in [0.1, 0.15) is 6.92 Å². The molecule has 2 N–H and O–H groups in total. The van der Waals surface area contributed by atoms with E-state index in [1.54, 1.807) is 6.20 Å². The summed E-state index contributed by atoms with van der Waals surface area (Å²) in [7, 11) is 0. The third-order valence-electron chi connectivity index (χ3n) is 2.73. The Kier molecular flexibility index (Phi) is 3.98. The van der Waals surface area contributed by atoms with Crippen LogP contribution in [0.15, 0.2) is 23.5 Å². The minimum atomic E-state index is 0.226.